The second-order valence-electron chi connectivity index (χ2n) is 7.86. The molecule has 0 amide bonds. The van der Waals surface area contributed by atoms with E-state index in [1.54, 1.807) is 0 Å². The average Bonchev–Trinajstić information content (AvgIpc) is 2.99. The molecule has 5 heteroatoms. The molecule has 148 valence electrons. The van der Waals surface area contributed by atoms with Gasteiger partial charge in [0.15, 0.2) is 0 Å². The smallest absolute Gasteiger partial charge is 0.0638 e. The van der Waals surface area contributed by atoms with Gasteiger partial charge in [-0.05, 0) is 32.3 Å². The molecule has 0 radical (unpaired) electrons. The summed E-state index contributed by atoms with van der Waals surface area (Å²) in [5.74, 6) is 0. The zero-order chi connectivity index (χ0) is 19.2. The van der Waals surface area contributed by atoms with Gasteiger partial charge in [-0.2, -0.15) is 5.10 Å². The van der Waals surface area contributed by atoms with Crippen LogP contribution in [0, 0.1) is 13.8 Å². The van der Waals surface area contributed by atoms with Crippen molar-refractivity contribution in [1.82, 2.24) is 19.6 Å². The summed E-state index contributed by atoms with van der Waals surface area (Å²) >= 11 is 0. The molecule has 5 nitrogen and oxygen atoms in total. The van der Waals surface area contributed by atoms with E-state index in [2.05, 4.69) is 70.8 Å². The normalized spacial score (nSPS) is 18.9. The highest BCUT2D eigenvalue weighted by atomic mass is 16.3. The molecule has 3 rings (SSSR count). The fourth-order valence-electron chi connectivity index (χ4n) is 3.96. The number of aryl methyl sites for hydroxylation is 3. The van der Waals surface area contributed by atoms with Crippen LogP contribution in [0.5, 0.6) is 0 Å². The molecule has 27 heavy (non-hydrogen) atoms. The molecule has 0 bridgehead atoms. The number of benzene rings is 1. The van der Waals surface area contributed by atoms with Gasteiger partial charge in [0.1, 0.15) is 0 Å². The van der Waals surface area contributed by atoms with E-state index in [-0.39, 0.29) is 6.61 Å². The predicted octanol–water partition coefficient (Wildman–Crippen LogP) is 2.98. The number of aliphatic hydroxyl groups excluding tert-OH is 1. The Balaban J connectivity index is 1.62. The van der Waals surface area contributed by atoms with Gasteiger partial charge in [0.05, 0.1) is 5.69 Å². The number of aliphatic hydroxyl groups is 1. The standard InChI is InChI=1S/C22H34N4O/c1-4-10-26-16-21(19(3)23-26)15-24-11-12-25(22(17-24)9-13-27)14-20-7-5-18(2)6-8-20/h5-8,16,22,27H,4,9-15,17H2,1-3H3/t22-/m0/s1. The molecule has 0 aliphatic carbocycles. The van der Waals surface area contributed by atoms with Gasteiger partial charge in [0, 0.05) is 63.7 Å². The van der Waals surface area contributed by atoms with Gasteiger partial charge in [-0.1, -0.05) is 36.8 Å². The van der Waals surface area contributed by atoms with Crippen molar-refractivity contribution in [3.8, 4) is 0 Å². The Kier molecular flexibility index (Phi) is 7.05. The molecular weight excluding hydrogens is 336 g/mol. The van der Waals surface area contributed by atoms with Gasteiger partial charge in [-0.3, -0.25) is 14.5 Å². The van der Waals surface area contributed by atoms with Gasteiger partial charge in [0.25, 0.3) is 0 Å². The summed E-state index contributed by atoms with van der Waals surface area (Å²) in [4.78, 5) is 5.05. The predicted molar refractivity (Wildman–Crippen MR) is 110 cm³/mol. The molecule has 2 heterocycles. The summed E-state index contributed by atoms with van der Waals surface area (Å²) in [6.45, 7) is 12.7. The largest absolute Gasteiger partial charge is 0.396 e. The van der Waals surface area contributed by atoms with E-state index in [0.717, 1.165) is 57.8 Å². The van der Waals surface area contributed by atoms with Crippen LogP contribution < -0.4 is 0 Å². The van der Waals surface area contributed by atoms with Gasteiger partial charge in [-0.15, -0.1) is 0 Å². The Hall–Kier alpha value is -1.69. The lowest BCUT2D eigenvalue weighted by Crippen LogP contribution is -2.52. The first kappa shape index (κ1) is 20.1. The highest BCUT2D eigenvalue weighted by Gasteiger charge is 2.27. The first-order valence-corrected chi connectivity index (χ1v) is 10.2. The minimum absolute atomic E-state index is 0.246. The Morgan fingerprint density at radius 1 is 1.11 bits per heavy atom. The Labute approximate surface area is 163 Å². The van der Waals surface area contributed by atoms with Crippen LogP contribution in [0.1, 0.15) is 42.1 Å². The van der Waals surface area contributed by atoms with E-state index in [9.17, 15) is 5.11 Å². The zero-order valence-corrected chi connectivity index (χ0v) is 17.1. The molecule has 1 atom stereocenters. The van der Waals surface area contributed by atoms with Crippen molar-refractivity contribution in [3.63, 3.8) is 0 Å². The van der Waals surface area contributed by atoms with Crippen molar-refractivity contribution >= 4 is 0 Å². The fourth-order valence-corrected chi connectivity index (χ4v) is 3.96. The van der Waals surface area contributed by atoms with Crippen molar-refractivity contribution in [1.29, 1.82) is 0 Å². The number of hydrogen-bond acceptors (Lipinski definition) is 4. The van der Waals surface area contributed by atoms with Gasteiger partial charge in [0.2, 0.25) is 0 Å². The zero-order valence-electron chi connectivity index (χ0n) is 17.1. The van der Waals surface area contributed by atoms with Crippen molar-refractivity contribution < 1.29 is 5.11 Å². The van der Waals surface area contributed by atoms with E-state index >= 15 is 0 Å². The third-order valence-corrected chi connectivity index (χ3v) is 5.55. The molecule has 1 fully saturated rings. The third kappa shape index (κ3) is 5.41. The topological polar surface area (TPSA) is 44.5 Å². The molecule has 0 spiro atoms. The molecule has 1 aromatic heterocycles. The second kappa shape index (κ2) is 9.49. The van der Waals surface area contributed by atoms with E-state index in [4.69, 9.17) is 0 Å². The summed E-state index contributed by atoms with van der Waals surface area (Å²) < 4.78 is 2.07. The van der Waals surface area contributed by atoms with Crippen molar-refractivity contribution in [2.75, 3.05) is 26.2 Å². The van der Waals surface area contributed by atoms with Crippen LogP contribution in [-0.4, -0.2) is 57.0 Å². The lowest BCUT2D eigenvalue weighted by Gasteiger charge is -2.41. The van der Waals surface area contributed by atoms with Crippen molar-refractivity contribution in [2.45, 2.75) is 59.3 Å². The maximum atomic E-state index is 9.56. The van der Waals surface area contributed by atoms with E-state index in [0.29, 0.717) is 6.04 Å². The maximum absolute atomic E-state index is 9.56. The van der Waals surface area contributed by atoms with Crippen LogP contribution in [-0.2, 0) is 19.6 Å². The highest BCUT2D eigenvalue weighted by molar-refractivity contribution is 5.21. The number of rotatable bonds is 8. The molecule has 1 N–H and O–H groups in total. The summed E-state index contributed by atoms with van der Waals surface area (Å²) in [7, 11) is 0. The minimum atomic E-state index is 0.246. The number of hydrogen-bond donors (Lipinski definition) is 1. The molecule has 0 unspecified atom stereocenters. The van der Waals surface area contributed by atoms with Crippen molar-refractivity contribution in [2.24, 2.45) is 0 Å². The average molecular weight is 371 g/mol. The summed E-state index contributed by atoms with van der Waals surface area (Å²) in [5, 5.41) is 14.2. The fraction of sp³-hybridized carbons (Fsp3) is 0.591. The van der Waals surface area contributed by atoms with Crippen LogP contribution in [0.4, 0.5) is 0 Å². The molecule has 1 saturated heterocycles. The lowest BCUT2D eigenvalue weighted by molar-refractivity contribution is 0.0499. The van der Waals surface area contributed by atoms with Crippen LogP contribution in [0.3, 0.4) is 0 Å². The third-order valence-electron chi connectivity index (χ3n) is 5.55. The maximum Gasteiger partial charge on any atom is 0.0638 e. The quantitative estimate of drug-likeness (QED) is 0.776. The van der Waals surface area contributed by atoms with Crippen LogP contribution in [0.25, 0.3) is 0 Å². The minimum Gasteiger partial charge on any atom is -0.396 e. The van der Waals surface area contributed by atoms with Crippen LogP contribution in [0.2, 0.25) is 0 Å². The monoisotopic (exact) mass is 370 g/mol. The summed E-state index contributed by atoms with van der Waals surface area (Å²) in [5.41, 5.74) is 5.13. The summed E-state index contributed by atoms with van der Waals surface area (Å²) in [6.07, 6.45) is 4.14. The van der Waals surface area contributed by atoms with Crippen molar-refractivity contribution in [3.05, 3.63) is 52.8 Å². The molecular formula is C22H34N4O. The van der Waals surface area contributed by atoms with Crippen LogP contribution >= 0.6 is 0 Å². The number of aromatic nitrogens is 2. The van der Waals surface area contributed by atoms with Gasteiger partial charge >= 0.3 is 0 Å². The molecule has 2 aromatic rings. The first-order valence-electron chi connectivity index (χ1n) is 10.2. The van der Waals surface area contributed by atoms with Gasteiger partial charge < -0.3 is 5.11 Å². The van der Waals surface area contributed by atoms with E-state index in [1.165, 1.54) is 16.7 Å². The molecule has 1 aromatic carbocycles. The second-order valence-corrected chi connectivity index (χ2v) is 7.86. The summed E-state index contributed by atoms with van der Waals surface area (Å²) in [6, 6.07) is 9.22. The Bertz CT molecular complexity index is 710. The van der Waals surface area contributed by atoms with E-state index < -0.39 is 0 Å². The van der Waals surface area contributed by atoms with E-state index in [1.807, 2.05) is 0 Å². The Morgan fingerprint density at radius 3 is 2.59 bits per heavy atom. The molecule has 1 aliphatic heterocycles. The molecule has 1 aliphatic rings. The number of piperazine rings is 1. The number of nitrogens with zero attached hydrogens (tertiary/aromatic N) is 4. The SMILES string of the molecule is CCCn1cc(CN2CCN(Cc3ccc(C)cc3)[C@@H](CCO)C2)c(C)n1. The van der Waals surface area contributed by atoms with Crippen LogP contribution in [0.15, 0.2) is 30.5 Å². The first-order chi connectivity index (χ1) is 13.1. The Morgan fingerprint density at radius 2 is 1.89 bits per heavy atom. The highest BCUT2D eigenvalue weighted by Crippen LogP contribution is 2.19. The lowest BCUT2D eigenvalue weighted by atomic mass is 10.1. The molecule has 0 saturated carbocycles. The van der Waals surface area contributed by atoms with Gasteiger partial charge in [-0.25, -0.2) is 0 Å².